The van der Waals surface area contributed by atoms with Gasteiger partial charge >= 0.3 is 0 Å². The molecule has 0 atom stereocenters. The molecular weight excluding hydrogens is 220 g/mol. The van der Waals surface area contributed by atoms with E-state index in [9.17, 15) is 0 Å². The SMILES string of the molecule is OCn1ccc2cc(SC3CCC3)cnc21. The number of aromatic nitrogens is 2. The molecule has 4 heteroatoms. The van der Waals surface area contributed by atoms with E-state index in [4.69, 9.17) is 5.11 Å². The number of hydrogen-bond acceptors (Lipinski definition) is 3. The molecule has 0 saturated heterocycles. The molecule has 0 spiro atoms. The zero-order chi connectivity index (χ0) is 11.0. The summed E-state index contributed by atoms with van der Waals surface area (Å²) in [5, 5.41) is 11.0. The number of aliphatic hydroxyl groups excluding tert-OH is 1. The van der Waals surface area contributed by atoms with Crippen LogP contribution >= 0.6 is 11.8 Å². The molecule has 1 aliphatic rings. The van der Waals surface area contributed by atoms with Crippen LogP contribution in [0.1, 0.15) is 19.3 Å². The molecule has 1 N–H and O–H groups in total. The Kier molecular flexibility index (Phi) is 2.61. The molecule has 0 unspecified atom stereocenters. The Morgan fingerprint density at radius 3 is 3.06 bits per heavy atom. The molecule has 2 heterocycles. The van der Waals surface area contributed by atoms with Gasteiger partial charge in [0, 0.05) is 27.9 Å². The highest BCUT2D eigenvalue weighted by molar-refractivity contribution is 8.00. The lowest BCUT2D eigenvalue weighted by molar-refractivity contribution is 0.215. The average molecular weight is 234 g/mol. The largest absolute Gasteiger partial charge is 0.376 e. The molecule has 1 fully saturated rings. The first-order valence-electron chi connectivity index (χ1n) is 5.59. The summed E-state index contributed by atoms with van der Waals surface area (Å²) < 4.78 is 1.74. The standard InChI is InChI=1S/C12H14N2OS/c15-8-14-5-4-9-6-11(7-13-12(9)14)16-10-2-1-3-10/h4-7,10,15H,1-3,8H2. The van der Waals surface area contributed by atoms with Crippen molar-refractivity contribution in [3.63, 3.8) is 0 Å². The number of aliphatic hydroxyl groups is 1. The van der Waals surface area contributed by atoms with Crippen LogP contribution in [0.25, 0.3) is 11.0 Å². The number of rotatable bonds is 3. The van der Waals surface area contributed by atoms with Gasteiger partial charge in [0.2, 0.25) is 0 Å². The fourth-order valence-corrected chi connectivity index (χ4v) is 3.18. The van der Waals surface area contributed by atoms with Gasteiger partial charge in [0.25, 0.3) is 0 Å². The van der Waals surface area contributed by atoms with Crippen LogP contribution < -0.4 is 0 Å². The Morgan fingerprint density at radius 2 is 2.38 bits per heavy atom. The third kappa shape index (κ3) is 1.72. The predicted octanol–water partition coefficient (Wildman–Crippen LogP) is 2.63. The van der Waals surface area contributed by atoms with E-state index in [0.29, 0.717) is 0 Å². The van der Waals surface area contributed by atoms with Gasteiger partial charge in [-0.3, -0.25) is 0 Å². The van der Waals surface area contributed by atoms with Crippen molar-refractivity contribution >= 4 is 22.8 Å². The zero-order valence-corrected chi connectivity index (χ0v) is 9.78. The van der Waals surface area contributed by atoms with E-state index < -0.39 is 0 Å². The van der Waals surface area contributed by atoms with Crippen LogP contribution in [0.4, 0.5) is 0 Å². The van der Waals surface area contributed by atoms with Gasteiger partial charge in [0.05, 0.1) is 0 Å². The number of fused-ring (bicyclic) bond motifs is 1. The second kappa shape index (κ2) is 4.11. The molecular formula is C12H14N2OS. The van der Waals surface area contributed by atoms with Crippen LogP contribution in [0.2, 0.25) is 0 Å². The Hall–Kier alpha value is -1.00. The van der Waals surface area contributed by atoms with E-state index in [1.54, 1.807) is 4.57 Å². The summed E-state index contributed by atoms with van der Waals surface area (Å²) in [5.74, 6) is 0. The highest BCUT2D eigenvalue weighted by atomic mass is 32.2. The molecule has 1 aliphatic carbocycles. The maximum Gasteiger partial charge on any atom is 0.141 e. The summed E-state index contributed by atoms with van der Waals surface area (Å²) in [7, 11) is 0. The van der Waals surface area contributed by atoms with E-state index >= 15 is 0 Å². The van der Waals surface area contributed by atoms with Crippen molar-refractivity contribution in [3.05, 3.63) is 24.5 Å². The minimum atomic E-state index is -0.00832. The molecule has 0 aliphatic heterocycles. The zero-order valence-electron chi connectivity index (χ0n) is 8.97. The van der Waals surface area contributed by atoms with Crippen LogP contribution in [-0.2, 0) is 6.73 Å². The second-order valence-electron chi connectivity index (χ2n) is 4.18. The maximum atomic E-state index is 9.10. The van der Waals surface area contributed by atoms with E-state index in [1.165, 1.54) is 24.2 Å². The quantitative estimate of drug-likeness (QED) is 0.887. The minimum absolute atomic E-state index is 0.00832. The van der Waals surface area contributed by atoms with Crippen LogP contribution in [0.15, 0.2) is 29.4 Å². The maximum absolute atomic E-state index is 9.10. The van der Waals surface area contributed by atoms with Crippen molar-refractivity contribution in [3.8, 4) is 0 Å². The van der Waals surface area contributed by atoms with Gasteiger partial charge in [0.15, 0.2) is 0 Å². The van der Waals surface area contributed by atoms with Crippen molar-refractivity contribution in [1.29, 1.82) is 0 Å². The Labute approximate surface area is 98.5 Å². The Balaban J connectivity index is 1.90. The number of hydrogen-bond donors (Lipinski definition) is 1. The number of nitrogens with zero attached hydrogens (tertiary/aromatic N) is 2. The summed E-state index contributed by atoms with van der Waals surface area (Å²) in [6.45, 7) is -0.00832. The molecule has 3 nitrogen and oxygen atoms in total. The van der Waals surface area contributed by atoms with Crippen molar-refractivity contribution < 1.29 is 5.11 Å². The van der Waals surface area contributed by atoms with Gasteiger partial charge in [-0.25, -0.2) is 4.98 Å². The third-order valence-electron chi connectivity index (χ3n) is 3.08. The molecule has 0 aromatic carbocycles. The summed E-state index contributed by atoms with van der Waals surface area (Å²) in [6.07, 6.45) is 7.82. The van der Waals surface area contributed by atoms with Crippen LogP contribution in [0.5, 0.6) is 0 Å². The molecule has 2 aromatic heterocycles. The number of thioether (sulfide) groups is 1. The van der Waals surface area contributed by atoms with Gasteiger partial charge in [-0.05, 0) is 25.0 Å². The monoisotopic (exact) mass is 234 g/mol. The fourth-order valence-electron chi connectivity index (χ4n) is 1.92. The lowest BCUT2D eigenvalue weighted by Crippen LogP contribution is -2.12. The smallest absolute Gasteiger partial charge is 0.141 e. The van der Waals surface area contributed by atoms with E-state index in [2.05, 4.69) is 11.1 Å². The molecule has 1 saturated carbocycles. The summed E-state index contributed by atoms with van der Waals surface area (Å²) in [5.41, 5.74) is 0.862. The van der Waals surface area contributed by atoms with Gasteiger partial charge in [0.1, 0.15) is 12.4 Å². The van der Waals surface area contributed by atoms with Crippen molar-refractivity contribution in [1.82, 2.24) is 9.55 Å². The predicted molar refractivity (Wildman–Crippen MR) is 65.4 cm³/mol. The molecule has 0 bridgehead atoms. The topological polar surface area (TPSA) is 38.0 Å². The van der Waals surface area contributed by atoms with Crippen LogP contribution in [0.3, 0.4) is 0 Å². The van der Waals surface area contributed by atoms with E-state index in [-0.39, 0.29) is 6.73 Å². The molecule has 84 valence electrons. The normalized spacial score (nSPS) is 16.6. The second-order valence-corrected chi connectivity index (χ2v) is 5.56. The van der Waals surface area contributed by atoms with Crippen LogP contribution in [0, 0.1) is 0 Å². The van der Waals surface area contributed by atoms with Crippen molar-refractivity contribution in [2.75, 3.05) is 0 Å². The van der Waals surface area contributed by atoms with Gasteiger partial charge < -0.3 is 9.67 Å². The number of pyridine rings is 1. The van der Waals surface area contributed by atoms with Crippen LogP contribution in [-0.4, -0.2) is 19.9 Å². The average Bonchev–Trinajstić information content (AvgIpc) is 2.65. The van der Waals surface area contributed by atoms with Gasteiger partial charge in [-0.2, -0.15) is 0 Å². The highest BCUT2D eigenvalue weighted by Gasteiger charge is 2.18. The summed E-state index contributed by atoms with van der Waals surface area (Å²) >= 11 is 1.93. The first kappa shape index (κ1) is 10.2. The van der Waals surface area contributed by atoms with Gasteiger partial charge in [-0.1, -0.05) is 6.42 Å². The lowest BCUT2D eigenvalue weighted by Gasteiger charge is -2.24. The molecule has 16 heavy (non-hydrogen) atoms. The fraction of sp³-hybridized carbons (Fsp3) is 0.417. The van der Waals surface area contributed by atoms with E-state index in [1.807, 2.05) is 30.2 Å². The minimum Gasteiger partial charge on any atom is -0.376 e. The van der Waals surface area contributed by atoms with Crippen molar-refractivity contribution in [2.45, 2.75) is 36.1 Å². The van der Waals surface area contributed by atoms with Gasteiger partial charge in [-0.15, -0.1) is 11.8 Å². The first-order valence-corrected chi connectivity index (χ1v) is 6.47. The third-order valence-corrected chi connectivity index (χ3v) is 4.38. The first-order chi connectivity index (χ1) is 7.86. The molecule has 0 amide bonds. The molecule has 3 rings (SSSR count). The van der Waals surface area contributed by atoms with E-state index in [0.717, 1.165) is 16.3 Å². The summed E-state index contributed by atoms with van der Waals surface area (Å²) in [4.78, 5) is 5.65. The summed E-state index contributed by atoms with van der Waals surface area (Å²) in [6, 6.07) is 4.17. The Bertz CT molecular complexity index is 505. The highest BCUT2D eigenvalue weighted by Crippen LogP contribution is 2.36. The Morgan fingerprint density at radius 1 is 1.50 bits per heavy atom. The van der Waals surface area contributed by atoms with Crippen molar-refractivity contribution in [2.24, 2.45) is 0 Å². The molecule has 0 radical (unpaired) electrons. The lowest BCUT2D eigenvalue weighted by atomic mass is 10.0. The molecule has 2 aromatic rings.